The Bertz CT molecular complexity index is 528. The van der Waals surface area contributed by atoms with Crippen LogP contribution in [0.5, 0.6) is 0 Å². The monoisotopic (exact) mass is 348 g/mol. The molecule has 1 fully saturated rings. The lowest BCUT2D eigenvalue weighted by Gasteiger charge is -2.35. The lowest BCUT2D eigenvalue weighted by atomic mass is 10.2. The van der Waals surface area contributed by atoms with Crippen LogP contribution in [0, 0.1) is 5.82 Å². The van der Waals surface area contributed by atoms with Gasteiger partial charge in [0, 0.05) is 44.8 Å². The van der Waals surface area contributed by atoms with Crippen molar-refractivity contribution < 1.29 is 4.39 Å². The second-order valence-electron chi connectivity index (χ2n) is 4.88. The van der Waals surface area contributed by atoms with Crippen LogP contribution in [0.25, 0.3) is 0 Å². The highest BCUT2D eigenvalue weighted by Gasteiger charge is 2.17. The SMILES string of the molecule is Cl.Cl.Fc1ccc(N2CCN(CCc3nn[nH]n3)CC2)cc1. The van der Waals surface area contributed by atoms with Crippen LogP contribution >= 0.6 is 24.8 Å². The van der Waals surface area contributed by atoms with Gasteiger partial charge < -0.3 is 4.90 Å². The van der Waals surface area contributed by atoms with Crippen LogP contribution in [0.15, 0.2) is 24.3 Å². The molecule has 1 aromatic carbocycles. The molecule has 2 aromatic rings. The minimum Gasteiger partial charge on any atom is -0.369 e. The van der Waals surface area contributed by atoms with Crippen molar-refractivity contribution in [2.45, 2.75) is 6.42 Å². The number of anilines is 1. The summed E-state index contributed by atoms with van der Waals surface area (Å²) in [6.45, 7) is 4.84. The number of hydrogen-bond donors (Lipinski definition) is 1. The fourth-order valence-electron chi connectivity index (χ4n) is 2.43. The Morgan fingerprint density at radius 3 is 2.32 bits per heavy atom. The van der Waals surface area contributed by atoms with Gasteiger partial charge in [-0.05, 0) is 24.3 Å². The van der Waals surface area contributed by atoms with Crippen LogP contribution in [0.3, 0.4) is 0 Å². The van der Waals surface area contributed by atoms with Crippen LogP contribution in [-0.4, -0.2) is 58.2 Å². The summed E-state index contributed by atoms with van der Waals surface area (Å²) >= 11 is 0. The number of nitrogens with zero attached hydrogens (tertiary/aromatic N) is 5. The molecule has 0 amide bonds. The van der Waals surface area contributed by atoms with Crippen molar-refractivity contribution in [1.82, 2.24) is 25.5 Å². The molecular weight excluding hydrogens is 330 g/mol. The zero-order valence-electron chi connectivity index (χ0n) is 12.0. The quantitative estimate of drug-likeness (QED) is 0.908. The number of piperazine rings is 1. The summed E-state index contributed by atoms with van der Waals surface area (Å²) in [6, 6.07) is 6.70. The van der Waals surface area contributed by atoms with Gasteiger partial charge in [-0.15, -0.1) is 35.0 Å². The fraction of sp³-hybridized carbons (Fsp3) is 0.462. The molecule has 0 unspecified atom stereocenters. The first-order chi connectivity index (χ1) is 9.81. The highest BCUT2D eigenvalue weighted by atomic mass is 35.5. The molecule has 1 N–H and O–H groups in total. The first-order valence-electron chi connectivity index (χ1n) is 6.76. The Kier molecular flexibility index (Phi) is 7.50. The molecule has 9 heteroatoms. The number of nitrogens with one attached hydrogen (secondary N) is 1. The minimum atomic E-state index is -0.188. The van der Waals surface area contributed by atoms with Gasteiger partial charge in [0.15, 0.2) is 5.82 Å². The highest BCUT2D eigenvalue weighted by Crippen LogP contribution is 2.16. The number of hydrogen-bond acceptors (Lipinski definition) is 5. The number of halogens is 3. The molecule has 0 radical (unpaired) electrons. The van der Waals surface area contributed by atoms with Gasteiger partial charge in [-0.1, -0.05) is 5.21 Å². The summed E-state index contributed by atoms with van der Waals surface area (Å²) in [5, 5.41) is 13.9. The van der Waals surface area contributed by atoms with Crippen molar-refractivity contribution in [2.75, 3.05) is 37.6 Å². The van der Waals surface area contributed by atoms with E-state index in [-0.39, 0.29) is 30.6 Å². The van der Waals surface area contributed by atoms with Crippen molar-refractivity contribution in [3.63, 3.8) is 0 Å². The summed E-state index contributed by atoms with van der Waals surface area (Å²) in [5.41, 5.74) is 1.09. The zero-order valence-corrected chi connectivity index (χ0v) is 13.6. The zero-order chi connectivity index (χ0) is 13.8. The van der Waals surface area contributed by atoms with Gasteiger partial charge in [-0.2, -0.15) is 5.21 Å². The first-order valence-corrected chi connectivity index (χ1v) is 6.76. The predicted octanol–water partition coefficient (Wildman–Crippen LogP) is 1.55. The molecule has 2 heterocycles. The average Bonchev–Trinajstić information content (AvgIpc) is 3.00. The van der Waals surface area contributed by atoms with Crippen LogP contribution in [0.2, 0.25) is 0 Å². The van der Waals surface area contributed by atoms with Gasteiger partial charge in [0.2, 0.25) is 0 Å². The van der Waals surface area contributed by atoms with E-state index < -0.39 is 0 Å². The highest BCUT2D eigenvalue weighted by molar-refractivity contribution is 5.85. The Morgan fingerprint density at radius 2 is 1.73 bits per heavy atom. The van der Waals surface area contributed by atoms with E-state index in [2.05, 4.69) is 30.4 Å². The molecule has 1 aromatic heterocycles. The molecule has 1 aliphatic rings. The third kappa shape index (κ3) is 4.79. The number of rotatable bonds is 4. The van der Waals surface area contributed by atoms with E-state index in [4.69, 9.17) is 0 Å². The number of aromatic amines is 1. The van der Waals surface area contributed by atoms with Crippen molar-refractivity contribution >= 4 is 30.5 Å². The molecule has 6 nitrogen and oxygen atoms in total. The van der Waals surface area contributed by atoms with E-state index in [1.165, 1.54) is 12.1 Å². The van der Waals surface area contributed by atoms with Crippen molar-refractivity contribution in [3.05, 3.63) is 35.9 Å². The molecule has 0 spiro atoms. The largest absolute Gasteiger partial charge is 0.369 e. The van der Waals surface area contributed by atoms with Crippen molar-refractivity contribution in [2.24, 2.45) is 0 Å². The summed E-state index contributed by atoms with van der Waals surface area (Å²) < 4.78 is 12.9. The van der Waals surface area contributed by atoms with E-state index in [0.717, 1.165) is 50.7 Å². The van der Waals surface area contributed by atoms with Crippen molar-refractivity contribution in [1.29, 1.82) is 0 Å². The smallest absolute Gasteiger partial charge is 0.175 e. The standard InChI is InChI=1S/C13H17FN6.2ClH/c14-11-1-3-12(4-2-11)20-9-7-19(8-10-20)6-5-13-15-17-18-16-13;;/h1-4H,5-10H2,(H,15,16,17,18);2*1H. The van der Waals surface area contributed by atoms with E-state index in [9.17, 15) is 4.39 Å². The third-order valence-electron chi connectivity index (χ3n) is 3.60. The molecule has 1 aliphatic heterocycles. The molecule has 3 rings (SSSR count). The van der Waals surface area contributed by atoms with Crippen molar-refractivity contribution in [3.8, 4) is 0 Å². The topological polar surface area (TPSA) is 60.9 Å². The van der Waals surface area contributed by atoms with E-state index in [0.29, 0.717) is 0 Å². The number of aromatic nitrogens is 4. The lowest BCUT2D eigenvalue weighted by Crippen LogP contribution is -2.47. The molecule has 0 saturated carbocycles. The molecule has 1 saturated heterocycles. The van der Waals surface area contributed by atoms with E-state index in [1.807, 2.05) is 12.1 Å². The summed E-state index contributed by atoms with van der Waals surface area (Å²) in [4.78, 5) is 4.67. The maximum absolute atomic E-state index is 12.9. The molecule has 0 aliphatic carbocycles. The predicted molar refractivity (Wildman–Crippen MR) is 87.4 cm³/mol. The Labute approximate surface area is 140 Å². The first kappa shape index (κ1) is 18.6. The molecule has 22 heavy (non-hydrogen) atoms. The maximum atomic E-state index is 12.9. The van der Waals surface area contributed by atoms with Gasteiger partial charge in [-0.3, -0.25) is 4.90 Å². The molecule has 0 bridgehead atoms. The lowest BCUT2D eigenvalue weighted by molar-refractivity contribution is 0.259. The average molecular weight is 349 g/mol. The van der Waals surface area contributed by atoms with Gasteiger partial charge in [0.25, 0.3) is 0 Å². The Hall–Kier alpha value is -1.44. The third-order valence-corrected chi connectivity index (χ3v) is 3.60. The number of H-pyrrole nitrogens is 1. The Morgan fingerprint density at radius 1 is 1.05 bits per heavy atom. The van der Waals surface area contributed by atoms with Crippen LogP contribution in [0.4, 0.5) is 10.1 Å². The normalized spacial score (nSPS) is 15.0. The van der Waals surface area contributed by atoms with Gasteiger partial charge in [0.1, 0.15) is 5.82 Å². The second-order valence-corrected chi connectivity index (χ2v) is 4.88. The maximum Gasteiger partial charge on any atom is 0.175 e. The summed E-state index contributed by atoms with van der Waals surface area (Å²) in [5.74, 6) is 0.568. The fourth-order valence-corrected chi connectivity index (χ4v) is 2.43. The van der Waals surface area contributed by atoms with Gasteiger partial charge in [0.05, 0.1) is 0 Å². The summed E-state index contributed by atoms with van der Waals surface area (Å²) in [6.07, 6.45) is 0.813. The van der Waals surface area contributed by atoms with Crippen LogP contribution < -0.4 is 4.90 Å². The molecule has 122 valence electrons. The molecular formula is C13H19Cl2FN6. The van der Waals surface area contributed by atoms with E-state index >= 15 is 0 Å². The minimum absolute atomic E-state index is 0. The molecule has 0 atom stereocenters. The van der Waals surface area contributed by atoms with Crippen LogP contribution in [-0.2, 0) is 6.42 Å². The van der Waals surface area contributed by atoms with Crippen LogP contribution in [0.1, 0.15) is 5.82 Å². The Balaban J connectivity index is 0.00000121. The van der Waals surface area contributed by atoms with Gasteiger partial charge >= 0.3 is 0 Å². The summed E-state index contributed by atoms with van der Waals surface area (Å²) in [7, 11) is 0. The number of tetrazole rings is 1. The number of benzene rings is 1. The van der Waals surface area contributed by atoms with E-state index in [1.54, 1.807) is 0 Å². The van der Waals surface area contributed by atoms with Gasteiger partial charge in [-0.25, -0.2) is 4.39 Å². The second kappa shape index (κ2) is 8.87.